The van der Waals surface area contributed by atoms with Crippen LogP contribution in [0.3, 0.4) is 0 Å². The molecule has 2 nitrogen and oxygen atoms in total. The first kappa shape index (κ1) is 7.79. The SMILES string of the molecule is COc1c(C)cccc1[C]=O. The highest BCUT2D eigenvalue weighted by Crippen LogP contribution is 2.20. The summed E-state index contributed by atoms with van der Waals surface area (Å²) in [6, 6.07) is 5.37. The van der Waals surface area contributed by atoms with Gasteiger partial charge in [0.05, 0.1) is 12.7 Å². The van der Waals surface area contributed by atoms with Crippen molar-refractivity contribution in [3.63, 3.8) is 0 Å². The van der Waals surface area contributed by atoms with Crippen LogP contribution >= 0.6 is 0 Å². The molecule has 0 bridgehead atoms. The van der Waals surface area contributed by atoms with Gasteiger partial charge in [-0.25, -0.2) is 0 Å². The quantitative estimate of drug-likeness (QED) is 0.636. The van der Waals surface area contributed by atoms with Gasteiger partial charge in [-0.15, -0.1) is 0 Å². The molecule has 0 saturated heterocycles. The third-order valence-electron chi connectivity index (χ3n) is 1.53. The van der Waals surface area contributed by atoms with Crippen LogP contribution in [0.25, 0.3) is 0 Å². The van der Waals surface area contributed by atoms with E-state index in [4.69, 9.17) is 4.74 Å². The topological polar surface area (TPSA) is 26.3 Å². The van der Waals surface area contributed by atoms with Crippen molar-refractivity contribution in [1.29, 1.82) is 0 Å². The molecule has 0 aliphatic heterocycles. The number of benzene rings is 1. The van der Waals surface area contributed by atoms with Crippen molar-refractivity contribution in [2.75, 3.05) is 7.11 Å². The van der Waals surface area contributed by atoms with Crippen molar-refractivity contribution in [1.82, 2.24) is 0 Å². The molecule has 0 saturated carbocycles. The molecule has 57 valence electrons. The van der Waals surface area contributed by atoms with Crippen LogP contribution in [0.5, 0.6) is 5.75 Å². The highest BCUT2D eigenvalue weighted by atomic mass is 16.5. The normalized spacial score (nSPS) is 9.27. The van der Waals surface area contributed by atoms with Crippen LogP contribution < -0.4 is 4.74 Å². The third-order valence-corrected chi connectivity index (χ3v) is 1.53. The highest BCUT2D eigenvalue weighted by molar-refractivity contribution is 5.80. The Morgan fingerprint density at radius 2 is 2.18 bits per heavy atom. The first-order valence-corrected chi connectivity index (χ1v) is 3.31. The molecule has 0 aromatic heterocycles. The lowest BCUT2D eigenvalue weighted by molar-refractivity contribution is 0.410. The van der Waals surface area contributed by atoms with E-state index in [9.17, 15) is 4.79 Å². The minimum Gasteiger partial charge on any atom is -0.496 e. The number of carbonyl (C=O) groups excluding carboxylic acids is 1. The highest BCUT2D eigenvalue weighted by Gasteiger charge is 2.03. The first-order valence-electron chi connectivity index (χ1n) is 3.31. The third kappa shape index (κ3) is 1.40. The van der Waals surface area contributed by atoms with Crippen molar-refractivity contribution in [3.05, 3.63) is 29.3 Å². The van der Waals surface area contributed by atoms with E-state index in [2.05, 4.69) is 0 Å². The molecular weight excluding hydrogens is 140 g/mol. The second-order valence-electron chi connectivity index (χ2n) is 2.26. The Bertz CT molecular complexity index is 266. The molecule has 0 fully saturated rings. The van der Waals surface area contributed by atoms with Gasteiger partial charge < -0.3 is 4.74 Å². The van der Waals surface area contributed by atoms with Gasteiger partial charge in [0, 0.05) is 0 Å². The Labute approximate surface area is 65.8 Å². The summed E-state index contributed by atoms with van der Waals surface area (Å²) < 4.78 is 5.00. The van der Waals surface area contributed by atoms with Crippen LogP contribution in [-0.4, -0.2) is 13.4 Å². The second kappa shape index (κ2) is 3.19. The average Bonchev–Trinajstić information content (AvgIpc) is 2.04. The van der Waals surface area contributed by atoms with Gasteiger partial charge in [0.2, 0.25) is 6.29 Å². The second-order valence-corrected chi connectivity index (χ2v) is 2.26. The van der Waals surface area contributed by atoms with E-state index >= 15 is 0 Å². The van der Waals surface area contributed by atoms with Gasteiger partial charge in [0.15, 0.2) is 0 Å². The summed E-state index contributed by atoms with van der Waals surface area (Å²) in [5.41, 5.74) is 1.43. The molecule has 0 spiro atoms. The van der Waals surface area contributed by atoms with Gasteiger partial charge in [0.1, 0.15) is 5.75 Å². The first-order chi connectivity index (χ1) is 5.29. The van der Waals surface area contributed by atoms with E-state index in [1.54, 1.807) is 19.2 Å². The van der Waals surface area contributed by atoms with Gasteiger partial charge in [-0.05, 0) is 18.6 Å². The standard InChI is InChI=1S/C9H9O2/c1-7-4-3-5-8(6-10)9(7)11-2/h3-5H,1-2H3. The van der Waals surface area contributed by atoms with E-state index < -0.39 is 0 Å². The molecule has 0 N–H and O–H groups in total. The van der Waals surface area contributed by atoms with Crippen molar-refractivity contribution >= 4 is 6.29 Å². The molecule has 0 unspecified atom stereocenters. The largest absolute Gasteiger partial charge is 0.496 e. The molecule has 2 heteroatoms. The molecule has 0 atom stereocenters. The maximum Gasteiger partial charge on any atom is 0.237 e. The van der Waals surface area contributed by atoms with Crippen LogP contribution in [0.4, 0.5) is 0 Å². The number of methoxy groups -OCH3 is 1. The number of para-hydroxylation sites is 1. The maximum absolute atomic E-state index is 10.3. The fourth-order valence-electron chi connectivity index (χ4n) is 1.00. The van der Waals surface area contributed by atoms with E-state index in [1.165, 1.54) is 0 Å². The fourth-order valence-corrected chi connectivity index (χ4v) is 1.00. The minimum atomic E-state index is 0.479. The van der Waals surface area contributed by atoms with Crippen LogP contribution in [0.1, 0.15) is 11.1 Å². The maximum atomic E-state index is 10.3. The van der Waals surface area contributed by atoms with Crippen molar-refractivity contribution in [3.8, 4) is 5.75 Å². The summed E-state index contributed by atoms with van der Waals surface area (Å²) in [5, 5.41) is 0. The molecular formula is C9H9O2. The van der Waals surface area contributed by atoms with Crippen molar-refractivity contribution in [2.24, 2.45) is 0 Å². The molecule has 1 rings (SSSR count). The zero-order valence-electron chi connectivity index (χ0n) is 6.55. The van der Waals surface area contributed by atoms with Crippen LogP contribution in [0, 0.1) is 6.92 Å². The lowest BCUT2D eigenvalue weighted by Crippen LogP contribution is -1.92. The lowest BCUT2D eigenvalue weighted by Gasteiger charge is -2.04. The van der Waals surface area contributed by atoms with E-state index in [1.807, 2.05) is 19.3 Å². The smallest absolute Gasteiger partial charge is 0.237 e. The molecule has 0 heterocycles. The Hall–Kier alpha value is -1.31. The zero-order chi connectivity index (χ0) is 8.27. The zero-order valence-corrected chi connectivity index (χ0v) is 6.55. The van der Waals surface area contributed by atoms with Gasteiger partial charge in [0.25, 0.3) is 0 Å². The predicted molar refractivity (Wildman–Crippen MR) is 42.5 cm³/mol. The van der Waals surface area contributed by atoms with Crippen LogP contribution in [-0.2, 0) is 4.79 Å². The monoisotopic (exact) mass is 149 g/mol. The summed E-state index contributed by atoms with van der Waals surface area (Å²) >= 11 is 0. The van der Waals surface area contributed by atoms with Gasteiger partial charge >= 0.3 is 0 Å². The van der Waals surface area contributed by atoms with E-state index in [-0.39, 0.29) is 0 Å². The molecule has 0 amide bonds. The average molecular weight is 149 g/mol. The minimum absolute atomic E-state index is 0.479. The van der Waals surface area contributed by atoms with Crippen LogP contribution in [0.15, 0.2) is 18.2 Å². The van der Waals surface area contributed by atoms with Crippen LogP contribution in [0.2, 0.25) is 0 Å². The van der Waals surface area contributed by atoms with E-state index in [0.717, 1.165) is 5.56 Å². The Morgan fingerprint density at radius 3 is 2.64 bits per heavy atom. The Balaban J connectivity index is 3.23. The van der Waals surface area contributed by atoms with Gasteiger partial charge in [-0.1, -0.05) is 12.1 Å². The molecule has 11 heavy (non-hydrogen) atoms. The summed E-state index contributed by atoms with van der Waals surface area (Å²) in [6.07, 6.45) is 1.81. The number of hydrogen-bond acceptors (Lipinski definition) is 2. The van der Waals surface area contributed by atoms with Crippen molar-refractivity contribution in [2.45, 2.75) is 6.92 Å². The number of rotatable bonds is 2. The molecule has 1 radical (unpaired) electrons. The van der Waals surface area contributed by atoms with Crippen molar-refractivity contribution < 1.29 is 9.53 Å². The fraction of sp³-hybridized carbons (Fsp3) is 0.222. The Morgan fingerprint density at radius 1 is 1.45 bits per heavy atom. The molecule has 1 aromatic rings. The molecule has 0 aliphatic rings. The molecule has 1 aromatic carbocycles. The summed E-state index contributed by atoms with van der Waals surface area (Å²) in [6.45, 7) is 1.89. The Kier molecular flexibility index (Phi) is 2.26. The number of ether oxygens (including phenoxy) is 1. The van der Waals surface area contributed by atoms with Gasteiger partial charge in [-0.2, -0.15) is 0 Å². The molecule has 0 aliphatic carbocycles. The van der Waals surface area contributed by atoms with Gasteiger partial charge in [-0.3, -0.25) is 4.79 Å². The number of hydrogen-bond donors (Lipinski definition) is 0. The van der Waals surface area contributed by atoms with E-state index in [0.29, 0.717) is 11.3 Å². The predicted octanol–water partition coefficient (Wildman–Crippen LogP) is 1.46. The summed E-state index contributed by atoms with van der Waals surface area (Å²) in [4.78, 5) is 10.3. The lowest BCUT2D eigenvalue weighted by atomic mass is 10.1. The number of aryl methyl sites for hydroxylation is 1. The summed E-state index contributed by atoms with van der Waals surface area (Å²) in [7, 11) is 1.54. The summed E-state index contributed by atoms with van der Waals surface area (Å²) in [5.74, 6) is 0.613.